The molecule has 1 aliphatic carbocycles. The van der Waals surface area contributed by atoms with Crippen LogP contribution in [0.2, 0.25) is 0 Å². The molecule has 0 bridgehead atoms. The monoisotopic (exact) mass is 239 g/mol. The number of hydrogen-bond donors (Lipinski definition) is 2. The largest absolute Gasteiger partial charge is 0.347 e. The fourth-order valence-electron chi connectivity index (χ4n) is 1.70. The Morgan fingerprint density at radius 2 is 2.50 bits per heavy atom. The summed E-state index contributed by atoms with van der Waals surface area (Å²) in [6.07, 6.45) is 2.77. The van der Waals surface area contributed by atoms with E-state index in [1.807, 2.05) is 12.3 Å². The molecule has 0 saturated heterocycles. The van der Waals surface area contributed by atoms with E-state index in [1.54, 1.807) is 11.3 Å². The van der Waals surface area contributed by atoms with Crippen molar-refractivity contribution in [2.45, 2.75) is 32.2 Å². The quantitative estimate of drug-likeness (QED) is 0.815. The Morgan fingerprint density at radius 3 is 3.00 bits per heavy atom. The summed E-state index contributed by atoms with van der Waals surface area (Å²) in [6, 6.07) is 0.109. The van der Waals surface area contributed by atoms with E-state index in [2.05, 4.69) is 10.3 Å². The van der Waals surface area contributed by atoms with Gasteiger partial charge in [0.05, 0.1) is 6.04 Å². The predicted octanol–water partition coefficient (Wildman–Crippen LogP) is 1.37. The molecule has 3 N–H and O–H groups in total. The van der Waals surface area contributed by atoms with Gasteiger partial charge in [-0.2, -0.15) is 0 Å². The summed E-state index contributed by atoms with van der Waals surface area (Å²) in [6.45, 7) is 2.38. The van der Waals surface area contributed by atoms with Crippen LogP contribution in [0.1, 0.15) is 36.0 Å². The van der Waals surface area contributed by atoms with Crippen LogP contribution >= 0.6 is 11.3 Å². The predicted molar refractivity (Wildman–Crippen MR) is 64.1 cm³/mol. The van der Waals surface area contributed by atoms with Gasteiger partial charge in [-0.25, -0.2) is 4.98 Å². The highest BCUT2D eigenvalue weighted by molar-refractivity contribution is 7.09. The van der Waals surface area contributed by atoms with Crippen LogP contribution in [0.25, 0.3) is 0 Å². The average Bonchev–Trinajstić information content (AvgIpc) is 2.98. The van der Waals surface area contributed by atoms with Crippen LogP contribution in [0.3, 0.4) is 0 Å². The summed E-state index contributed by atoms with van der Waals surface area (Å²) in [5.74, 6) is 0.611. The maximum Gasteiger partial charge on any atom is 0.221 e. The Kier molecular flexibility index (Phi) is 3.56. The number of carbonyl (C=O) groups is 1. The van der Waals surface area contributed by atoms with Crippen LogP contribution in [0.5, 0.6) is 0 Å². The lowest BCUT2D eigenvalue weighted by molar-refractivity contribution is -0.121. The highest BCUT2D eigenvalue weighted by atomic mass is 32.1. The molecule has 2 rings (SSSR count). The number of nitrogens with two attached hydrogens (primary N) is 1. The van der Waals surface area contributed by atoms with Crippen molar-refractivity contribution in [2.75, 3.05) is 6.54 Å². The zero-order chi connectivity index (χ0) is 11.5. The van der Waals surface area contributed by atoms with Gasteiger partial charge in [0.25, 0.3) is 0 Å². The van der Waals surface area contributed by atoms with Gasteiger partial charge >= 0.3 is 0 Å². The van der Waals surface area contributed by atoms with Crippen LogP contribution in [-0.2, 0) is 4.79 Å². The lowest BCUT2D eigenvalue weighted by Crippen LogP contribution is -2.31. The van der Waals surface area contributed by atoms with E-state index in [-0.39, 0.29) is 11.9 Å². The topological polar surface area (TPSA) is 68.0 Å². The number of hydrogen-bond acceptors (Lipinski definition) is 4. The highest BCUT2D eigenvalue weighted by Gasteiger charge is 2.34. The maximum absolute atomic E-state index is 11.6. The van der Waals surface area contributed by atoms with Crippen molar-refractivity contribution in [1.29, 1.82) is 0 Å². The molecule has 1 heterocycles. The molecule has 1 aromatic heterocycles. The van der Waals surface area contributed by atoms with E-state index in [4.69, 9.17) is 5.73 Å². The molecule has 1 atom stereocenters. The third-order valence-corrected chi connectivity index (χ3v) is 3.73. The second-order valence-corrected chi connectivity index (χ2v) is 5.14. The van der Waals surface area contributed by atoms with E-state index in [1.165, 1.54) is 12.8 Å². The second-order valence-electron chi connectivity index (χ2n) is 4.25. The van der Waals surface area contributed by atoms with Crippen molar-refractivity contribution >= 4 is 17.2 Å². The van der Waals surface area contributed by atoms with E-state index in [9.17, 15) is 4.79 Å². The molecule has 0 radical (unpaired) electrons. The highest BCUT2D eigenvalue weighted by Crippen LogP contribution is 2.41. The van der Waals surface area contributed by atoms with E-state index < -0.39 is 0 Å². The molecule has 0 spiro atoms. The first-order valence-electron chi connectivity index (χ1n) is 5.62. The minimum Gasteiger partial charge on any atom is -0.347 e. The molecule has 0 aromatic carbocycles. The van der Waals surface area contributed by atoms with Crippen molar-refractivity contribution in [3.63, 3.8) is 0 Å². The summed E-state index contributed by atoms with van der Waals surface area (Å²) in [4.78, 5) is 16.0. The average molecular weight is 239 g/mol. The number of nitrogens with one attached hydrogen (secondary N) is 1. The molecule has 88 valence electrons. The fourth-order valence-corrected chi connectivity index (χ4v) is 2.64. The molecule has 1 aromatic rings. The molecule has 1 fully saturated rings. The minimum absolute atomic E-state index is 0.0345. The smallest absolute Gasteiger partial charge is 0.221 e. The number of aromatic nitrogens is 1. The van der Waals surface area contributed by atoms with Gasteiger partial charge in [0.2, 0.25) is 5.91 Å². The van der Waals surface area contributed by atoms with Crippen LogP contribution in [0, 0.1) is 12.8 Å². The van der Waals surface area contributed by atoms with Gasteiger partial charge in [-0.1, -0.05) is 0 Å². The van der Waals surface area contributed by atoms with Crippen molar-refractivity contribution in [2.24, 2.45) is 11.7 Å². The molecule has 5 heteroatoms. The lowest BCUT2D eigenvalue weighted by Gasteiger charge is -2.15. The molecule has 4 nitrogen and oxygen atoms in total. The molecule has 1 aliphatic rings. The van der Waals surface area contributed by atoms with Gasteiger partial charge in [-0.15, -0.1) is 11.3 Å². The molecule has 16 heavy (non-hydrogen) atoms. The van der Waals surface area contributed by atoms with E-state index in [0.29, 0.717) is 18.9 Å². The zero-order valence-corrected chi connectivity index (χ0v) is 10.2. The van der Waals surface area contributed by atoms with Gasteiger partial charge < -0.3 is 11.1 Å². The molecular weight excluding hydrogens is 222 g/mol. The lowest BCUT2D eigenvalue weighted by atomic mass is 10.2. The molecule has 1 unspecified atom stereocenters. The summed E-state index contributed by atoms with van der Waals surface area (Å²) in [5, 5.41) is 6.10. The second kappa shape index (κ2) is 4.93. The van der Waals surface area contributed by atoms with Gasteiger partial charge in [0.1, 0.15) is 5.01 Å². The molecule has 1 saturated carbocycles. The first kappa shape index (κ1) is 11.5. The van der Waals surface area contributed by atoms with Crippen molar-refractivity contribution in [1.82, 2.24) is 10.3 Å². The normalized spacial score (nSPS) is 17.1. The fraction of sp³-hybridized carbons (Fsp3) is 0.636. The summed E-state index contributed by atoms with van der Waals surface area (Å²) < 4.78 is 0. The number of amides is 1. The van der Waals surface area contributed by atoms with Crippen LogP contribution in [-0.4, -0.2) is 17.4 Å². The standard InChI is InChI=1S/C11H17N3OS/c1-7-6-16-11(13-7)10(8-2-3-8)14-9(15)4-5-12/h6,8,10H,2-5,12H2,1H3,(H,14,15). The first-order chi connectivity index (χ1) is 7.70. The van der Waals surface area contributed by atoms with Crippen LogP contribution < -0.4 is 11.1 Å². The first-order valence-corrected chi connectivity index (χ1v) is 6.50. The Balaban J connectivity index is 2.03. The van der Waals surface area contributed by atoms with Gasteiger partial charge in [-0.3, -0.25) is 4.79 Å². The van der Waals surface area contributed by atoms with Crippen molar-refractivity contribution in [3.05, 3.63) is 16.1 Å². The Bertz CT molecular complexity index is 373. The van der Waals surface area contributed by atoms with Crippen molar-refractivity contribution < 1.29 is 4.79 Å². The number of carbonyl (C=O) groups excluding carboxylic acids is 1. The zero-order valence-electron chi connectivity index (χ0n) is 9.40. The number of aryl methyl sites for hydroxylation is 1. The Labute approximate surface area is 99.3 Å². The van der Waals surface area contributed by atoms with E-state index >= 15 is 0 Å². The Hall–Kier alpha value is -0.940. The summed E-state index contributed by atoms with van der Waals surface area (Å²) in [7, 11) is 0. The summed E-state index contributed by atoms with van der Waals surface area (Å²) >= 11 is 1.63. The van der Waals surface area contributed by atoms with Crippen molar-refractivity contribution in [3.8, 4) is 0 Å². The van der Waals surface area contributed by atoms with Crippen LogP contribution in [0.4, 0.5) is 0 Å². The number of rotatable bonds is 5. The molecular formula is C11H17N3OS. The third kappa shape index (κ3) is 2.80. The van der Waals surface area contributed by atoms with Gasteiger partial charge in [-0.05, 0) is 25.7 Å². The van der Waals surface area contributed by atoms with Gasteiger partial charge in [0.15, 0.2) is 0 Å². The summed E-state index contributed by atoms with van der Waals surface area (Å²) in [5.41, 5.74) is 6.39. The third-order valence-electron chi connectivity index (χ3n) is 2.68. The minimum atomic E-state index is 0.0345. The Morgan fingerprint density at radius 1 is 1.75 bits per heavy atom. The molecule has 1 amide bonds. The van der Waals surface area contributed by atoms with E-state index in [0.717, 1.165) is 10.7 Å². The SMILES string of the molecule is Cc1csc(C(NC(=O)CCN)C2CC2)n1. The van der Waals surface area contributed by atoms with Gasteiger partial charge in [0, 0.05) is 24.0 Å². The number of thiazole rings is 1. The maximum atomic E-state index is 11.6. The molecule has 0 aliphatic heterocycles. The van der Waals surface area contributed by atoms with Crippen LogP contribution in [0.15, 0.2) is 5.38 Å². The number of nitrogens with zero attached hydrogens (tertiary/aromatic N) is 1.